The first-order valence-electron chi connectivity index (χ1n) is 10.1. The Morgan fingerprint density at radius 2 is 1.08 bits per heavy atom. The van der Waals surface area contributed by atoms with Gasteiger partial charge in [-0.1, -0.05) is 90.4 Å². The maximum Gasteiger partial charge on any atom is 1.00 e. The second-order valence-corrected chi connectivity index (χ2v) is 8.66. The van der Waals surface area contributed by atoms with E-state index in [1.54, 1.807) is 0 Å². The van der Waals surface area contributed by atoms with Crippen LogP contribution in [0.15, 0.2) is 0 Å². The maximum absolute atomic E-state index is 11.3. The Balaban J connectivity index is 0. The molecule has 0 aliphatic rings. The van der Waals surface area contributed by atoms with Crippen LogP contribution in [0.2, 0.25) is 0 Å². The molecular formula is C19H39KO4S. The number of hydrogen-bond acceptors (Lipinski definition) is 4. The van der Waals surface area contributed by atoms with E-state index < -0.39 is 15.4 Å². The van der Waals surface area contributed by atoms with Crippen LogP contribution in [-0.4, -0.2) is 29.9 Å². The fourth-order valence-corrected chi connectivity index (χ4v) is 4.04. The zero-order chi connectivity index (χ0) is 18.1. The molecule has 0 aliphatic heterocycles. The molecule has 0 aromatic heterocycles. The first kappa shape index (κ1) is 28.7. The van der Waals surface area contributed by atoms with Gasteiger partial charge >= 0.3 is 51.4 Å². The Kier molecular flexibility index (Phi) is 23.3. The normalized spacial score (nSPS) is 12.8. The minimum atomic E-state index is -4.13. The fourth-order valence-electron chi connectivity index (χ4n) is 3.13. The third-order valence-electron chi connectivity index (χ3n) is 4.72. The van der Waals surface area contributed by atoms with Crippen LogP contribution in [0, 0.1) is 0 Å². The summed E-state index contributed by atoms with van der Waals surface area (Å²) in [6, 6.07) is 0. The van der Waals surface area contributed by atoms with Crippen molar-refractivity contribution in [3.05, 3.63) is 0 Å². The van der Waals surface area contributed by atoms with Crippen LogP contribution in [0.5, 0.6) is 0 Å². The molecule has 0 radical (unpaired) electrons. The number of unbranched alkanes of at least 4 members (excludes halogenated alkanes) is 12. The summed E-state index contributed by atoms with van der Waals surface area (Å²) in [5.74, 6) is 0. The minimum absolute atomic E-state index is 0. The van der Waals surface area contributed by atoms with Gasteiger partial charge in [-0.3, -0.25) is 0 Å². The average molecular weight is 403 g/mol. The zero-order valence-electron chi connectivity index (χ0n) is 16.7. The molecule has 0 fully saturated rings. The van der Waals surface area contributed by atoms with Gasteiger partial charge < -0.3 is 9.66 Å². The van der Waals surface area contributed by atoms with Crippen molar-refractivity contribution in [1.29, 1.82) is 0 Å². The van der Waals surface area contributed by atoms with Crippen molar-refractivity contribution in [3.8, 4) is 0 Å². The van der Waals surface area contributed by atoms with E-state index in [1.807, 2.05) is 0 Å². The summed E-state index contributed by atoms with van der Waals surface area (Å²) in [6.07, 6.45) is 16.4. The summed E-state index contributed by atoms with van der Waals surface area (Å²) >= 11 is 0. The molecule has 0 spiro atoms. The Bertz CT molecular complexity index is 360. The zero-order valence-corrected chi connectivity index (χ0v) is 20.6. The van der Waals surface area contributed by atoms with Crippen molar-refractivity contribution in [2.24, 2.45) is 0 Å². The number of aliphatic hydroxyl groups excluding tert-OH is 1. The molecule has 0 heterocycles. The van der Waals surface area contributed by atoms with E-state index in [2.05, 4.69) is 6.92 Å². The van der Waals surface area contributed by atoms with Gasteiger partial charge in [0.25, 0.3) is 0 Å². The molecule has 1 unspecified atom stereocenters. The predicted octanol–water partition coefficient (Wildman–Crippen LogP) is 2.16. The molecular weight excluding hydrogens is 363 g/mol. The van der Waals surface area contributed by atoms with Crippen molar-refractivity contribution in [2.75, 3.05) is 6.61 Å². The van der Waals surface area contributed by atoms with Crippen molar-refractivity contribution >= 4 is 10.1 Å². The molecule has 0 aromatic carbocycles. The first-order chi connectivity index (χ1) is 11.5. The van der Waals surface area contributed by atoms with E-state index in [9.17, 15) is 13.0 Å². The Morgan fingerprint density at radius 1 is 0.720 bits per heavy atom. The topological polar surface area (TPSA) is 77.4 Å². The van der Waals surface area contributed by atoms with Crippen LogP contribution >= 0.6 is 0 Å². The van der Waals surface area contributed by atoms with E-state index in [0.717, 1.165) is 57.8 Å². The molecule has 25 heavy (non-hydrogen) atoms. The van der Waals surface area contributed by atoms with Crippen LogP contribution in [0.1, 0.15) is 110 Å². The number of rotatable bonds is 18. The van der Waals surface area contributed by atoms with Gasteiger partial charge in [0.2, 0.25) is 0 Å². The van der Waals surface area contributed by atoms with Crippen LogP contribution < -0.4 is 51.4 Å². The predicted molar refractivity (Wildman–Crippen MR) is 100 cm³/mol. The molecule has 0 saturated heterocycles. The van der Waals surface area contributed by atoms with Gasteiger partial charge in [0, 0.05) is 11.9 Å². The van der Waals surface area contributed by atoms with Gasteiger partial charge in [-0.2, -0.15) is 0 Å². The van der Waals surface area contributed by atoms with Crippen LogP contribution in [0.4, 0.5) is 0 Å². The van der Waals surface area contributed by atoms with Gasteiger partial charge in [0.05, 0.1) is 10.1 Å². The smallest absolute Gasteiger partial charge is 0.748 e. The Hall–Kier alpha value is 1.51. The Labute approximate surface area is 199 Å². The minimum Gasteiger partial charge on any atom is -0.748 e. The van der Waals surface area contributed by atoms with Gasteiger partial charge in [0.1, 0.15) is 0 Å². The summed E-state index contributed by atoms with van der Waals surface area (Å²) < 4.78 is 34.0. The third-order valence-corrected chi connectivity index (χ3v) is 6.01. The van der Waals surface area contributed by atoms with Gasteiger partial charge in [-0.05, 0) is 19.3 Å². The second-order valence-electron chi connectivity index (χ2n) is 7.01. The number of aliphatic hydroxyl groups is 1. The van der Waals surface area contributed by atoms with Crippen LogP contribution in [0.3, 0.4) is 0 Å². The molecule has 0 amide bonds. The summed E-state index contributed by atoms with van der Waals surface area (Å²) in [6.45, 7) is 2.43. The Morgan fingerprint density at radius 3 is 1.44 bits per heavy atom. The molecule has 0 aliphatic carbocycles. The van der Waals surface area contributed by atoms with Crippen molar-refractivity contribution < 1.29 is 69.5 Å². The van der Waals surface area contributed by atoms with E-state index in [4.69, 9.17) is 5.11 Å². The molecule has 0 bridgehead atoms. The van der Waals surface area contributed by atoms with Gasteiger partial charge in [-0.25, -0.2) is 8.42 Å². The monoisotopic (exact) mass is 402 g/mol. The molecule has 6 heteroatoms. The second kappa shape index (κ2) is 20.2. The van der Waals surface area contributed by atoms with Gasteiger partial charge in [0.15, 0.2) is 0 Å². The molecule has 146 valence electrons. The summed E-state index contributed by atoms with van der Waals surface area (Å²) in [4.78, 5) is 0. The van der Waals surface area contributed by atoms with Gasteiger partial charge in [-0.15, -0.1) is 0 Å². The molecule has 1 atom stereocenters. The van der Waals surface area contributed by atoms with Crippen LogP contribution in [0.25, 0.3) is 0 Å². The van der Waals surface area contributed by atoms with E-state index in [1.165, 1.54) is 32.1 Å². The van der Waals surface area contributed by atoms with Crippen molar-refractivity contribution in [1.82, 2.24) is 0 Å². The molecule has 4 nitrogen and oxygen atoms in total. The molecule has 1 N–H and O–H groups in total. The largest absolute Gasteiger partial charge is 1.00 e. The first-order valence-corrected chi connectivity index (χ1v) is 11.5. The summed E-state index contributed by atoms with van der Waals surface area (Å²) in [5, 5.41) is 8.03. The maximum atomic E-state index is 11.3. The molecule has 0 saturated carbocycles. The molecule has 0 rings (SSSR count). The van der Waals surface area contributed by atoms with Crippen LogP contribution in [-0.2, 0) is 10.1 Å². The third kappa shape index (κ3) is 20.1. The van der Waals surface area contributed by atoms with E-state index >= 15 is 0 Å². The summed E-state index contributed by atoms with van der Waals surface area (Å²) in [7, 11) is -4.13. The average Bonchev–Trinajstić information content (AvgIpc) is 2.53. The van der Waals surface area contributed by atoms with E-state index in [0.29, 0.717) is 19.4 Å². The SMILES string of the molecule is CCCCCCC(CCCCCCCCCCCCO)S(=O)(=O)[O-].[K+]. The number of hydrogen-bond donors (Lipinski definition) is 1. The standard InChI is InChI=1S/C19H40O4S.K/c1-2-3-4-13-16-19(24(21,22)23)17-14-11-9-7-5-6-8-10-12-15-18-20;/h19-20H,2-18H2,1H3,(H,21,22,23);/q;+1/p-1. The quantitative estimate of drug-likeness (QED) is 0.216. The fraction of sp³-hybridized carbons (Fsp3) is 1.00. The van der Waals surface area contributed by atoms with Crippen molar-refractivity contribution in [3.63, 3.8) is 0 Å². The molecule has 0 aromatic rings. The van der Waals surface area contributed by atoms with Crippen molar-refractivity contribution in [2.45, 2.75) is 115 Å². The van der Waals surface area contributed by atoms with E-state index in [-0.39, 0.29) is 51.4 Å². The summed E-state index contributed by atoms with van der Waals surface area (Å²) in [5.41, 5.74) is 0.